The van der Waals surface area contributed by atoms with Gasteiger partial charge in [0.2, 0.25) is 0 Å². The maximum atomic E-state index is 12.7. The number of benzene rings is 2. The lowest BCUT2D eigenvalue weighted by Gasteiger charge is -2.16. The minimum absolute atomic E-state index is 0.138. The van der Waals surface area contributed by atoms with Crippen LogP contribution in [0, 0.1) is 0 Å². The lowest BCUT2D eigenvalue weighted by atomic mass is 9.93. The standard InChI is InChI=1S/C27H29N7O5/c1-3-28-25(37)22-20(35)21(36)26(39-22)34-14-31-19-23(29-13-30-24(19)34)33-27(38)32-18-11-9-17(10-12-18)15(2)16-7-5-4-6-8-16/h4-15,20-22,26,35-36H,3H2,1-2H3,(H,28,37)(H2,29,30,32,33,38)/t15-,20+,21-,22+,26-/m1/s1. The molecule has 5 rings (SSSR count). The fourth-order valence-corrected chi connectivity index (χ4v) is 4.57. The van der Waals surface area contributed by atoms with E-state index in [1.165, 1.54) is 22.8 Å². The van der Waals surface area contributed by atoms with Gasteiger partial charge in [-0.3, -0.25) is 14.7 Å². The number of nitrogens with zero attached hydrogens (tertiary/aromatic N) is 4. The Morgan fingerprint density at radius 1 is 0.974 bits per heavy atom. The second-order valence-corrected chi connectivity index (χ2v) is 9.20. The quantitative estimate of drug-likeness (QED) is 0.243. The molecule has 1 aliphatic heterocycles. The summed E-state index contributed by atoms with van der Waals surface area (Å²) in [6.45, 7) is 4.21. The molecule has 0 spiro atoms. The Bertz CT molecular complexity index is 1460. The van der Waals surface area contributed by atoms with Crippen LogP contribution in [0.15, 0.2) is 67.3 Å². The second kappa shape index (κ2) is 11.2. The van der Waals surface area contributed by atoms with Crippen molar-refractivity contribution in [3.8, 4) is 0 Å². The van der Waals surface area contributed by atoms with Crippen LogP contribution in [0.5, 0.6) is 0 Å². The van der Waals surface area contributed by atoms with Gasteiger partial charge in [0.1, 0.15) is 18.5 Å². The van der Waals surface area contributed by atoms with Crippen molar-refractivity contribution in [2.75, 3.05) is 17.2 Å². The molecule has 39 heavy (non-hydrogen) atoms. The van der Waals surface area contributed by atoms with Crippen LogP contribution < -0.4 is 16.0 Å². The molecular formula is C27H29N7O5. The zero-order chi connectivity index (χ0) is 27.5. The lowest BCUT2D eigenvalue weighted by Crippen LogP contribution is -2.42. The summed E-state index contributed by atoms with van der Waals surface area (Å²) >= 11 is 0. The van der Waals surface area contributed by atoms with Gasteiger partial charge in [-0.2, -0.15) is 0 Å². The molecule has 5 atom stereocenters. The van der Waals surface area contributed by atoms with Crippen molar-refractivity contribution in [1.82, 2.24) is 24.8 Å². The van der Waals surface area contributed by atoms with Crippen molar-refractivity contribution in [1.29, 1.82) is 0 Å². The number of nitrogens with one attached hydrogen (secondary N) is 3. The number of imidazole rings is 1. The molecule has 0 saturated carbocycles. The SMILES string of the molecule is CCNC(=O)[C@H]1O[C@@H](n2cnc3c(NC(=O)Nc4ccc([C@H](C)c5ccccc5)cc4)ncnc32)[C@H](O)[C@@H]1O. The molecule has 12 nitrogen and oxygen atoms in total. The maximum Gasteiger partial charge on any atom is 0.324 e. The van der Waals surface area contributed by atoms with Crippen LogP contribution in [0.2, 0.25) is 0 Å². The molecule has 0 unspecified atom stereocenters. The van der Waals surface area contributed by atoms with Crippen molar-refractivity contribution in [3.05, 3.63) is 78.4 Å². The van der Waals surface area contributed by atoms with Gasteiger partial charge in [0.25, 0.3) is 5.91 Å². The van der Waals surface area contributed by atoms with Gasteiger partial charge in [0.05, 0.1) is 6.33 Å². The molecule has 1 saturated heterocycles. The van der Waals surface area contributed by atoms with Crippen LogP contribution in [0.25, 0.3) is 11.2 Å². The smallest absolute Gasteiger partial charge is 0.324 e. The van der Waals surface area contributed by atoms with Gasteiger partial charge in [-0.05, 0) is 30.2 Å². The predicted octanol–water partition coefficient (Wildman–Crippen LogP) is 2.38. The van der Waals surface area contributed by atoms with Gasteiger partial charge in [-0.1, -0.05) is 49.4 Å². The van der Waals surface area contributed by atoms with E-state index in [-0.39, 0.29) is 22.9 Å². The number of hydrogen-bond acceptors (Lipinski definition) is 8. The number of rotatable bonds is 7. The summed E-state index contributed by atoms with van der Waals surface area (Å²) in [4.78, 5) is 37.5. The average molecular weight is 532 g/mol. The predicted molar refractivity (Wildman–Crippen MR) is 143 cm³/mol. The third-order valence-corrected chi connectivity index (χ3v) is 6.68. The van der Waals surface area contributed by atoms with E-state index in [4.69, 9.17) is 4.74 Å². The number of carbonyl (C=O) groups is 2. The first-order chi connectivity index (χ1) is 18.9. The molecule has 1 aliphatic rings. The molecule has 12 heteroatoms. The molecule has 0 bridgehead atoms. The van der Waals surface area contributed by atoms with Crippen molar-refractivity contribution < 1.29 is 24.5 Å². The van der Waals surface area contributed by atoms with Crippen molar-refractivity contribution in [2.45, 2.75) is 44.3 Å². The summed E-state index contributed by atoms with van der Waals surface area (Å²) in [7, 11) is 0. The Kier molecular flexibility index (Phi) is 7.50. The van der Waals surface area contributed by atoms with E-state index in [0.29, 0.717) is 12.2 Å². The Balaban J connectivity index is 1.28. The molecule has 4 aromatic rings. The van der Waals surface area contributed by atoms with E-state index in [2.05, 4.69) is 50.0 Å². The maximum absolute atomic E-state index is 12.7. The zero-order valence-corrected chi connectivity index (χ0v) is 21.4. The molecule has 0 aliphatic carbocycles. The summed E-state index contributed by atoms with van der Waals surface area (Å²) in [5, 5.41) is 28.9. The van der Waals surface area contributed by atoms with Gasteiger partial charge in [0, 0.05) is 18.2 Å². The molecule has 3 amide bonds. The Hall–Kier alpha value is -4.39. The highest BCUT2D eigenvalue weighted by molar-refractivity contribution is 6.02. The molecule has 5 N–H and O–H groups in total. The van der Waals surface area contributed by atoms with Crippen molar-refractivity contribution in [3.63, 3.8) is 0 Å². The van der Waals surface area contributed by atoms with E-state index in [9.17, 15) is 19.8 Å². The van der Waals surface area contributed by atoms with Gasteiger partial charge < -0.3 is 25.6 Å². The summed E-state index contributed by atoms with van der Waals surface area (Å²) < 4.78 is 7.05. The fraction of sp³-hybridized carbons (Fsp3) is 0.296. The number of amides is 3. The topological polar surface area (TPSA) is 164 Å². The van der Waals surface area contributed by atoms with Crippen LogP contribution in [-0.4, -0.2) is 66.5 Å². The largest absolute Gasteiger partial charge is 0.387 e. The summed E-state index contributed by atoms with van der Waals surface area (Å²) in [6, 6.07) is 17.2. The number of carbonyl (C=O) groups excluding carboxylic acids is 2. The van der Waals surface area contributed by atoms with Crippen LogP contribution in [-0.2, 0) is 9.53 Å². The minimum atomic E-state index is -1.44. The Labute approximate surface area is 224 Å². The molecular weight excluding hydrogens is 502 g/mol. The summed E-state index contributed by atoms with van der Waals surface area (Å²) in [5.41, 5.74) is 3.40. The van der Waals surface area contributed by atoms with Crippen LogP contribution in [0.4, 0.5) is 16.3 Å². The molecule has 3 heterocycles. The number of aliphatic hydroxyl groups excluding tert-OH is 2. The number of aliphatic hydroxyl groups is 2. The Morgan fingerprint density at radius 2 is 1.69 bits per heavy atom. The van der Waals surface area contributed by atoms with Crippen molar-refractivity contribution >= 4 is 34.6 Å². The Morgan fingerprint density at radius 3 is 2.41 bits per heavy atom. The summed E-state index contributed by atoms with van der Waals surface area (Å²) in [5.74, 6) is -0.190. The minimum Gasteiger partial charge on any atom is -0.387 e. The molecule has 2 aromatic heterocycles. The third-order valence-electron chi connectivity index (χ3n) is 6.68. The molecule has 2 aromatic carbocycles. The van der Waals surface area contributed by atoms with Gasteiger partial charge in [-0.15, -0.1) is 0 Å². The zero-order valence-electron chi connectivity index (χ0n) is 21.4. The number of anilines is 2. The number of hydrogen-bond donors (Lipinski definition) is 5. The van der Waals surface area contributed by atoms with E-state index in [1.54, 1.807) is 6.92 Å². The van der Waals surface area contributed by atoms with Crippen LogP contribution >= 0.6 is 0 Å². The lowest BCUT2D eigenvalue weighted by molar-refractivity contribution is -0.137. The van der Waals surface area contributed by atoms with Crippen molar-refractivity contribution in [2.24, 2.45) is 0 Å². The third kappa shape index (κ3) is 5.30. The van der Waals surface area contributed by atoms with Gasteiger partial charge in [-0.25, -0.2) is 19.7 Å². The fourth-order valence-electron chi connectivity index (χ4n) is 4.57. The van der Waals surface area contributed by atoms with E-state index < -0.39 is 36.5 Å². The molecule has 202 valence electrons. The number of ether oxygens (including phenoxy) is 1. The summed E-state index contributed by atoms with van der Waals surface area (Å²) in [6.07, 6.45) is -2.64. The van der Waals surface area contributed by atoms with Gasteiger partial charge >= 0.3 is 6.03 Å². The highest BCUT2D eigenvalue weighted by Gasteiger charge is 2.47. The van der Waals surface area contributed by atoms with Gasteiger partial charge in [0.15, 0.2) is 29.3 Å². The highest BCUT2D eigenvalue weighted by atomic mass is 16.6. The average Bonchev–Trinajstić information content (AvgIpc) is 3.50. The normalized spacial score (nSPS) is 21.4. The number of fused-ring (bicyclic) bond motifs is 1. The first kappa shape index (κ1) is 26.2. The first-order valence-electron chi connectivity index (χ1n) is 12.6. The number of likely N-dealkylation sites (N-methyl/N-ethyl adjacent to an activating group) is 1. The van der Waals surface area contributed by atoms with E-state index >= 15 is 0 Å². The molecule has 1 fully saturated rings. The highest BCUT2D eigenvalue weighted by Crippen LogP contribution is 2.32. The number of urea groups is 1. The van der Waals surface area contributed by atoms with Crippen LogP contribution in [0.1, 0.15) is 37.1 Å². The van der Waals surface area contributed by atoms with E-state index in [1.807, 2.05) is 42.5 Å². The van der Waals surface area contributed by atoms with E-state index in [0.717, 1.165) is 5.56 Å². The van der Waals surface area contributed by atoms with Crippen LogP contribution in [0.3, 0.4) is 0 Å². The first-order valence-corrected chi connectivity index (χ1v) is 12.6. The monoisotopic (exact) mass is 531 g/mol. The second-order valence-electron chi connectivity index (χ2n) is 9.20. The number of aromatic nitrogens is 4. The molecule has 0 radical (unpaired) electrons.